The molecule has 1 aliphatic carbocycles. The van der Waals surface area contributed by atoms with E-state index in [-0.39, 0.29) is 17.4 Å². The molecule has 2 aromatic carbocycles. The first-order chi connectivity index (χ1) is 16.7. The average molecular weight is 477 g/mol. The third-order valence-corrected chi connectivity index (χ3v) is 7.78. The summed E-state index contributed by atoms with van der Waals surface area (Å²) in [6, 6.07) is 14.9. The predicted molar refractivity (Wildman–Crippen MR) is 137 cm³/mol. The Morgan fingerprint density at radius 1 is 1.09 bits per heavy atom. The van der Waals surface area contributed by atoms with Crippen molar-refractivity contribution in [2.75, 3.05) is 5.43 Å². The Morgan fingerprint density at radius 3 is 2.62 bits per heavy atom. The summed E-state index contributed by atoms with van der Waals surface area (Å²) in [6.07, 6.45) is 6.33. The van der Waals surface area contributed by atoms with E-state index < -0.39 is 0 Å². The summed E-state index contributed by atoms with van der Waals surface area (Å²) in [4.78, 5) is 30.6. The lowest BCUT2D eigenvalue weighted by molar-refractivity contribution is 0.0936. The molecule has 0 unspecified atom stereocenters. The fourth-order valence-corrected chi connectivity index (χ4v) is 5.94. The number of furan rings is 1. The van der Waals surface area contributed by atoms with Crippen LogP contribution in [0.25, 0.3) is 21.9 Å². The summed E-state index contributed by atoms with van der Waals surface area (Å²) in [6.45, 7) is 2.29. The fourth-order valence-electron chi connectivity index (χ4n) is 4.58. The molecule has 2 aromatic heterocycles. The molecule has 5 rings (SSSR count). The van der Waals surface area contributed by atoms with Gasteiger partial charge in [0.25, 0.3) is 5.56 Å². The van der Waals surface area contributed by atoms with Crippen LogP contribution in [0.4, 0.5) is 5.95 Å². The molecule has 0 spiro atoms. The van der Waals surface area contributed by atoms with Crippen molar-refractivity contribution in [1.29, 1.82) is 0 Å². The molecule has 1 aliphatic rings. The number of carbonyl (C=O) groups excluding carboxylic acids is 1. The molecular weight excluding hydrogens is 448 g/mol. The topological polar surface area (TPSA) is 89.2 Å². The molecular formula is C26H28N4O3S. The van der Waals surface area contributed by atoms with Gasteiger partial charge in [0.2, 0.25) is 5.95 Å². The summed E-state index contributed by atoms with van der Waals surface area (Å²) >= 11 is 1.91. The van der Waals surface area contributed by atoms with E-state index in [4.69, 9.17) is 4.42 Å². The van der Waals surface area contributed by atoms with E-state index in [1.54, 1.807) is 12.1 Å². The second-order valence-electron chi connectivity index (χ2n) is 8.56. The first-order valence-corrected chi connectivity index (χ1v) is 12.9. The summed E-state index contributed by atoms with van der Waals surface area (Å²) in [5, 5.41) is 2.13. The third kappa shape index (κ3) is 4.42. The number of carbonyl (C=O) groups is 1. The Kier molecular flexibility index (Phi) is 6.58. The zero-order chi connectivity index (χ0) is 23.5. The zero-order valence-corrected chi connectivity index (χ0v) is 20.0. The second kappa shape index (κ2) is 9.93. The molecule has 4 aromatic rings. The molecule has 1 fully saturated rings. The van der Waals surface area contributed by atoms with Gasteiger partial charge >= 0.3 is 5.91 Å². The van der Waals surface area contributed by atoms with Gasteiger partial charge in [-0.15, -0.1) is 0 Å². The highest BCUT2D eigenvalue weighted by Crippen LogP contribution is 2.35. The van der Waals surface area contributed by atoms with Crippen molar-refractivity contribution >= 4 is 45.5 Å². The minimum atomic E-state index is -0.388. The number of nitrogens with one attached hydrogen (secondary N) is 2. The van der Waals surface area contributed by atoms with Crippen molar-refractivity contribution in [3.8, 4) is 0 Å². The standard InChI is InChI=1S/C26H28N4O3S/c1-2-30-25(32)19-13-6-8-14-21(19)27-26(30)29-28-24(31)23-20(16-34-17-10-4-3-5-11-17)18-12-7-9-15-22(18)33-23/h6-9,12-15,17H,2-5,10-11,16H2,1H3,(H,27,29)(H,28,31). The SMILES string of the molecule is CCn1c(NNC(=O)c2oc3ccccc3c2CSC2CCCCC2)nc2ccccc2c1=O. The van der Waals surface area contributed by atoms with Crippen molar-refractivity contribution in [3.63, 3.8) is 0 Å². The van der Waals surface area contributed by atoms with Crippen LogP contribution >= 0.6 is 11.8 Å². The normalized spacial score (nSPS) is 14.5. The van der Waals surface area contributed by atoms with Crippen molar-refractivity contribution in [1.82, 2.24) is 15.0 Å². The van der Waals surface area contributed by atoms with Gasteiger partial charge in [-0.25, -0.2) is 4.98 Å². The van der Waals surface area contributed by atoms with E-state index in [2.05, 4.69) is 15.8 Å². The molecule has 176 valence electrons. The van der Waals surface area contributed by atoms with E-state index in [1.807, 2.05) is 55.1 Å². The zero-order valence-electron chi connectivity index (χ0n) is 19.2. The van der Waals surface area contributed by atoms with Crippen LogP contribution in [0.5, 0.6) is 0 Å². The monoisotopic (exact) mass is 476 g/mol. The number of thioether (sulfide) groups is 1. The van der Waals surface area contributed by atoms with Crippen LogP contribution in [-0.4, -0.2) is 20.7 Å². The number of aromatic nitrogens is 2. The number of amides is 1. The highest BCUT2D eigenvalue weighted by Gasteiger charge is 2.23. The van der Waals surface area contributed by atoms with Crippen molar-refractivity contribution < 1.29 is 9.21 Å². The Labute approximate surface area is 201 Å². The lowest BCUT2D eigenvalue weighted by atomic mass is 10.0. The van der Waals surface area contributed by atoms with Gasteiger partial charge in [0.1, 0.15) is 5.58 Å². The largest absolute Gasteiger partial charge is 0.451 e. The average Bonchev–Trinajstić information content (AvgIpc) is 3.25. The molecule has 7 nitrogen and oxygen atoms in total. The number of hydrazine groups is 1. The van der Waals surface area contributed by atoms with Crippen LogP contribution in [0.1, 0.15) is 55.1 Å². The number of fused-ring (bicyclic) bond motifs is 2. The predicted octanol–water partition coefficient (Wildman–Crippen LogP) is 5.49. The Bertz CT molecular complexity index is 1390. The molecule has 0 atom stereocenters. The molecule has 0 saturated heterocycles. The number of benzene rings is 2. The maximum atomic E-state index is 13.2. The fraction of sp³-hybridized carbons (Fsp3) is 0.346. The highest BCUT2D eigenvalue weighted by atomic mass is 32.2. The van der Waals surface area contributed by atoms with E-state index in [1.165, 1.54) is 36.7 Å². The quantitative estimate of drug-likeness (QED) is 0.343. The maximum absolute atomic E-state index is 13.2. The smallest absolute Gasteiger partial charge is 0.305 e. The molecule has 0 aliphatic heterocycles. The Balaban J connectivity index is 1.40. The van der Waals surface area contributed by atoms with Crippen LogP contribution in [-0.2, 0) is 12.3 Å². The van der Waals surface area contributed by atoms with Gasteiger partial charge in [0.05, 0.1) is 10.9 Å². The number of anilines is 1. The van der Waals surface area contributed by atoms with Gasteiger partial charge in [-0.05, 0) is 38.0 Å². The summed E-state index contributed by atoms with van der Waals surface area (Å²) in [7, 11) is 0. The molecule has 1 amide bonds. The van der Waals surface area contributed by atoms with Crippen LogP contribution in [0.15, 0.2) is 57.7 Å². The minimum Gasteiger partial charge on any atom is -0.451 e. The number of hydrogen-bond donors (Lipinski definition) is 2. The molecule has 34 heavy (non-hydrogen) atoms. The van der Waals surface area contributed by atoms with Crippen LogP contribution in [0.3, 0.4) is 0 Å². The van der Waals surface area contributed by atoms with Crippen molar-refractivity contribution in [2.24, 2.45) is 0 Å². The molecule has 0 radical (unpaired) electrons. The van der Waals surface area contributed by atoms with E-state index in [0.717, 1.165) is 16.7 Å². The summed E-state index contributed by atoms with van der Waals surface area (Å²) in [5.74, 6) is 0.913. The lowest BCUT2D eigenvalue weighted by Crippen LogP contribution is -2.34. The molecule has 8 heteroatoms. The minimum absolute atomic E-state index is 0.154. The van der Waals surface area contributed by atoms with Gasteiger partial charge in [-0.1, -0.05) is 49.6 Å². The van der Waals surface area contributed by atoms with Gasteiger partial charge in [0.15, 0.2) is 5.76 Å². The van der Waals surface area contributed by atoms with Crippen LogP contribution in [0.2, 0.25) is 0 Å². The van der Waals surface area contributed by atoms with Crippen LogP contribution in [0, 0.1) is 0 Å². The van der Waals surface area contributed by atoms with Gasteiger partial charge in [-0.3, -0.25) is 25.0 Å². The van der Waals surface area contributed by atoms with Gasteiger partial charge in [0, 0.05) is 28.5 Å². The maximum Gasteiger partial charge on any atom is 0.305 e. The summed E-state index contributed by atoms with van der Waals surface area (Å²) in [5.41, 5.74) is 7.58. The molecule has 0 bridgehead atoms. The van der Waals surface area contributed by atoms with Gasteiger partial charge < -0.3 is 4.42 Å². The molecule has 2 N–H and O–H groups in total. The number of para-hydroxylation sites is 2. The first kappa shape index (κ1) is 22.5. The third-order valence-electron chi connectivity index (χ3n) is 6.39. The van der Waals surface area contributed by atoms with Crippen molar-refractivity contribution in [2.45, 2.75) is 56.6 Å². The summed E-state index contributed by atoms with van der Waals surface area (Å²) < 4.78 is 7.49. The van der Waals surface area contributed by atoms with E-state index in [0.29, 0.717) is 34.0 Å². The highest BCUT2D eigenvalue weighted by molar-refractivity contribution is 7.99. The van der Waals surface area contributed by atoms with Crippen LogP contribution < -0.4 is 16.4 Å². The number of nitrogens with zero attached hydrogens (tertiary/aromatic N) is 2. The number of hydrogen-bond acceptors (Lipinski definition) is 6. The molecule has 2 heterocycles. The lowest BCUT2D eigenvalue weighted by Gasteiger charge is -2.20. The van der Waals surface area contributed by atoms with E-state index >= 15 is 0 Å². The Morgan fingerprint density at radius 2 is 1.82 bits per heavy atom. The van der Waals surface area contributed by atoms with E-state index in [9.17, 15) is 9.59 Å². The first-order valence-electron chi connectivity index (χ1n) is 11.8. The van der Waals surface area contributed by atoms with Crippen molar-refractivity contribution in [3.05, 3.63) is 70.2 Å². The second-order valence-corrected chi connectivity index (χ2v) is 9.85. The number of rotatable bonds is 7. The molecule has 1 saturated carbocycles. The Hall–Kier alpha value is -3.26. The van der Waals surface area contributed by atoms with Gasteiger partial charge in [-0.2, -0.15) is 11.8 Å².